The molecule has 0 aliphatic heterocycles. The summed E-state index contributed by atoms with van der Waals surface area (Å²) in [5.41, 5.74) is 0. The van der Waals surface area contributed by atoms with Gasteiger partial charge in [0.1, 0.15) is 0 Å². The van der Waals surface area contributed by atoms with E-state index in [1.54, 1.807) is 0 Å². The molecule has 0 aromatic carbocycles. The summed E-state index contributed by atoms with van der Waals surface area (Å²) in [6.45, 7) is 0. The van der Waals surface area contributed by atoms with Crippen LogP contribution < -0.4 is 0 Å². The summed E-state index contributed by atoms with van der Waals surface area (Å²) in [6.07, 6.45) is -12.8. The molecule has 1 N–H and O–H groups in total. The first-order valence-corrected chi connectivity index (χ1v) is 6.80. The van der Waals surface area contributed by atoms with E-state index in [9.17, 15) is 56.7 Å². The highest BCUT2D eigenvalue weighted by molar-refractivity contribution is 7.85. The lowest BCUT2D eigenvalue weighted by Gasteiger charge is -2.35. The van der Waals surface area contributed by atoms with Gasteiger partial charge in [-0.3, -0.25) is 4.55 Å². The Hall–Kier alpha value is -0.860. The summed E-state index contributed by atoms with van der Waals surface area (Å²) in [5, 5.41) is 0. The first-order valence-electron chi connectivity index (χ1n) is 5.19. The molecular formula is C8H7F11O3S. The molecule has 0 heterocycles. The molecule has 0 radical (unpaired) electrons. The minimum Gasteiger partial charge on any atom is -0.286 e. The summed E-state index contributed by atoms with van der Waals surface area (Å²) in [6, 6.07) is 0. The average Bonchev–Trinajstić information content (AvgIpc) is 2.22. The zero-order valence-electron chi connectivity index (χ0n) is 10.5. The molecule has 0 aliphatic rings. The van der Waals surface area contributed by atoms with Crippen LogP contribution in [0, 0.1) is 0 Å². The Morgan fingerprint density at radius 3 is 1.43 bits per heavy atom. The summed E-state index contributed by atoms with van der Waals surface area (Å²) in [4.78, 5) is 0. The first kappa shape index (κ1) is 22.1. The second-order valence-corrected chi connectivity index (χ2v) is 5.99. The molecule has 0 saturated heterocycles. The van der Waals surface area contributed by atoms with E-state index in [0.29, 0.717) is 0 Å². The van der Waals surface area contributed by atoms with Crippen molar-refractivity contribution in [1.82, 2.24) is 0 Å². The Labute approximate surface area is 121 Å². The highest BCUT2D eigenvalue weighted by Gasteiger charge is 2.82. The van der Waals surface area contributed by atoms with Crippen LogP contribution >= 0.6 is 0 Å². The zero-order chi connectivity index (χ0) is 19.1. The second-order valence-electron chi connectivity index (χ2n) is 4.42. The molecule has 0 aliphatic carbocycles. The maximum atomic E-state index is 12.9. The van der Waals surface area contributed by atoms with Crippen molar-refractivity contribution in [3.8, 4) is 0 Å². The lowest BCUT2D eigenvalue weighted by Crippen LogP contribution is -2.61. The van der Waals surface area contributed by atoms with Crippen molar-refractivity contribution in [2.24, 2.45) is 0 Å². The second kappa shape index (κ2) is 5.89. The topological polar surface area (TPSA) is 54.4 Å². The quantitative estimate of drug-likeness (QED) is 0.530. The summed E-state index contributed by atoms with van der Waals surface area (Å²) in [5.74, 6) is -28.1. The summed E-state index contributed by atoms with van der Waals surface area (Å²) >= 11 is 0. The SMILES string of the molecule is O=S(=O)(O)CCC(F)(F)CC(F)(F)C(F)(F)C(F)(F)C(F)(F)F. The van der Waals surface area contributed by atoms with Crippen LogP contribution in [0.25, 0.3) is 0 Å². The molecule has 140 valence electrons. The van der Waals surface area contributed by atoms with Gasteiger partial charge in [0.25, 0.3) is 16.0 Å². The van der Waals surface area contributed by atoms with Gasteiger partial charge >= 0.3 is 23.9 Å². The van der Waals surface area contributed by atoms with E-state index in [4.69, 9.17) is 4.55 Å². The average molecular weight is 392 g/mol. The number of hydrogen-bond donors (Lipinski definition) is 1. The lowest BCUT2D eigenvalue weighted by molar-refractivity contribution is -0.400. The van der Waals surface area contributed by atoms with Crippen molar-refractivity contribution in [2.45, 2.75) is 42.7 Å². The normalized spacial score (nSPS) is 15.8. The minimum absolute atomic E-state index is 1.91. The molecule has 0 amide bonds. The van der Waals surface area contributed by atoms with E-state index in [2.05, 4.69) is 0 Å². The molecule has 0 aromatic heterocycles. The first-order chi connectivity index (χ1) is 9.66. The van der Waals surface area contributed by atoms with Crippen LogP contribution in [0.5, 0.6) is 0 Å². The maximum absolute atomic E-state index is 12.9. The number of halogens is 11. The fraction of sp³-hybridized carbons (Fsp3) is 1.00. The van der Waals surface area contributed by atoms with Crippen molar-refractivity contribution in [3.05, 3.63) is 0 Å². The molecular weight excluding hydrogens is 385 g/mol. The number of alkyl halides is 11. The Bertz CT molecular complexity index is 522. The molecule has 0 aromatic rings. The van der Waals surface area contributed by atoms with Gasteiger partial charge in [-0.25, -0.2) is 8.78 Å². The molecule has 0 rings (SSSR count). The Morgan fingerprint density at radius 2 is 1.13 bits per heavy atom. The molecule has 15 heteroatoms. The number of hydrogen-bond acceptors (Lipinski definition) is 2. The van der Waals surface area contributed by atoms with Crippen molar-refractivity contribution < 1.29 is 61.3 Å². The van der Waals surface area contributed by atoms with Crippen LogP contribution in [-0.2, 0) is 10.1 Å². The van der Waals surface area contributed by atoms with Crippen LogP contribution in [0.3, 0.4) is 0 Å². The van der Waals surface area contributed by atoms with Crippen LogP contribution in [0.1, 0.15) is 12.8 Å². The Kier molecular flexibility index (Phi) is 5.67. The van der Waals surface area contributed by atoms with Crippen LogP contribution in [0.15, 0.2) is 0 Å². The van der Waals surface area contributed by atoms with Gasteiger partial charge in [-0.15, -0.1) is 0 Å². The number of rotatable bonds is 7. The Morgan fingerprint density at radius 1 is 0.739 bits per heavy atom. The lowest BCUT2D eigenvalue weighted by atomic mass is 9.97. The van der Waals surface area contributed by atoms with Crippen molar-refractivity contribution in [1.29, 1.82) is 0 Å². The maximum Gasteiger partial charge on any atom is 0.460 e. The van der Waals surface area contributed by atoms with E-state index >= 15 is 0 Å². The molecule has 23 heavy (non-hydrogen) atoms. The largest absolute Gasteiger partial charge is 0.460 e. The van der Waals surface area contributed by atoms with Crippen LogP contribution in [-0.4, -0.2) is 48.6 Å². The fourth-order valence-electron chi connectivity index (χ4n) is 1.21. The minimum atomic E-state index is -7.32. The standard InChI is InChI=1S/C8H7F11O3S/c9-4(10,1-2-23(20,21)22)3-5(11,12)6(13,14)7(15,16)8(17,18)19/h1-3H2,(H,20,21,22). The third-order valence-corrected chi connectivity index (χ3v) is 3.14. The van der Waals surface area contributed by atoms with Gasteiger partial charge in [0.05, 0.1) is 12.2 Å². The van der Waals surface area contributed by atoms with Crippen LogP contribution in [0.4, 0.5) is 48.3 Å². The van der Waals surface area contributed by atoms with E-state index in [-0.39, 0.29) is 0 Å². The molecule has 0 unspecified atom stereocenters. The van der Waals surface area contributed by atoms with E-state index in [1.807, 2.05) is 0 Å². The zero-order valence-corrected chi connectivity index (χ0v) is 11.3. The fourth-order valence-corrected chi connectivity index (χ4v) is 1.77. The highest BCUT2D eigenvalue weighted by Crippen LogP contribution is 2.55. The van der Waals surface area contributed by atoms with Gasteiger partial charge in [0.2, 0.25) is 0 Å². The predicted octanol–water partition coefficient (Wildman–Crippen LogP) is 3.76. The monoisotopic (exact) mass is 392 g/mol. The van der Waals surface area contributed by atoms with Crippen LogP contribution in [0.2, 0.25) is 0 Å². The molecule has 0 fully saturated rings. The van der Waals surface area contributed by atoms with E-state index in [1.165, 1.54) is 0 Å². The molecule has 0 spiro atoms. The third kappa shape index (κ3) is 5.06. The van der Waals surface area contributed by atoms with Crippen molar-refractivity contribution in [3.63, 3.8) is 0 Å². The van der Waals surface area contributed by atoms with Gasteiger partial charge < -0.3 is 0 Å². The van der Waals surface area contributed by atoms with Gasteiger partial charge in [-0.2, -0.15) is 47.9 Å². The van der Waals surface area contributed by atoms with Gasteiger partial charge in [-0.05, 0) is 0 Å². The molecule has 0 bridgehead atoms. The predicted molar refractivity (Wildman–Crippen MR) is 51.5 cm³/mol. The van der Waals surface area contributed by atoms with E-state index < -0.39 is 58.6 Å². The van der Waals surface area contributed by atoms with Crippen molar-refractivity contribution in [2.75, 3.05) is 5.75 Å². The van der Waals surface area contributed by atoms with Gasteiger partial charge in [0.15, 0.2) is 0 Å². The molecule has 0 atom stereocenters. The summed E-state index contributed by atoms with van der Waals surface area (Å²) < 4.78 is 166. The van der Waals surface area contributed by atoms with Gasteiger partial charge in [0, 0.05) is 6.42 Å². The summed E-state index contributed by atoms with van der Waals surface area (Å²) in [7, 11) is -5.14. The van der Waals surface area contributed by atoms with E-state index in [0.717, 1.165) is 0 Å². The smallest absolute Gasteiger partial charge is 0.286 e. The third-order valence-electron chi connectivity index (χ3n) is 2.42. The van der Waals surface area contributed by atoms with Crippen molar-refractivity contribution >= 4 is 10.1 Å². The Balaban J connectivity index is 5.47. The van der Waals surface area contributed by atoms with Gasteiger partial charge in [-0.1, -0.05) is 0 Å². The molecule has 3 nitrogen and oxygen atoms in total. The molecule has 0 saturated carbocycles. The highest BCUT2D eigenvalue weighted by atomic mass is 32.2.